The molecular formula is C29H48N2O. The van der Waals surface area contributed by atoms with Crippen LogP contribution in [0.15, 0.2) is 60.7 Å². The van der Waals surface area contributed by atoms with Crippen molar-refractivity contribution in [1.82, 2.24) is 0 Å². The minimum absolute atomic E-state index is 0.0497. The smallest absolute Gasteiger partial charge is 0.167 e. The van der Waals surface area contributed by atoms with E-state index >= 15 is 0 Å². The van der Waals surface area contributed by atoms with E-state index < -0.39 is 0 Å². The highest BCUT2D eigenvalue weighted by atomic mass is 16.5. The predicted molar refractivity (Wildman–Crippen MR) is 145 cm³/mol. The van der Waals surface area contributed by atoms with Crippen molar-refractivity contribution in [3.05, 3.63) is 66.2 Å². The second kappa shape index (κ2) is 18.2. The van der Waals surface area contributed by atoms with Gasteiger partial charge in [-0.2, -0.15) is 0 Å². The van der Waals surface area contributed by atoms with Gasteiger partial charge in [-0.25, -0.2) is 0 Å². The van der Waals surface area contributed by atoms with Gasteiger partial charge in [0.1, 0.15) is 5.75 Å². The zero-order chi connectivity index (χ0) is 24.4. The van der Waals surface area contributed by atoms with Gasteiger partial charge in [-0.05, 0) is 56.7 Å². The van der Waals surface area contributed by atoms with Crippen molar-refractivity contribution in [1.29, 1.82) is 0 Å². The Morgan fingerprint density at radius 3 is 2.28 bits per heavy atom. The molecule has 1 aliphatic heterocycles. The third-order valence-electron chi connectivity index (χ3n) is 4.91. The highest BCUT2D eigenvalue weighted by Gasteiger charge is 2.17. The standard InChI is InChI=1S/C23H30N2O.3C2H6/c1-4-19(20-12-6-5-7-13-20)11-9-8-10-17(2)24-21-14-15-22-23(16-21)26-18(3)25-22;3*1-2/h5-8,10,12-19,24-25H,4,9,11H2,1-3H3;3*1-2H3/b10-8+;;;. The van der Waals surface area contributed by atoms with Crippen LogP contribution in [0.2, 0.25) is 0 Å². The number of ether oxygens (including phenoxy) is 1. The number of anilines is 2. The lowest BCUT2D eigenvalue weighted by Crippen LogP contribution is -2.13. The summed E-state index contributed by atoms with van der Waals surface area (Å²) in [7, 11) is 0. The first-order valence-electron chi connectivity index (χ1n) is 12.7. The maximum Gasteiger partial charge on any atom is 0.167 e. The molecular weight excluding hydrogens is 392 g/mol. The number of allylic oxidation sites excluding steroid dienone is 1. The van der Waals surface area contributed by atoms with Crippen LogP contribution in [0, 0.1) is 0 Å². The third-order valence-corrected chi connectivity index (χ3v) is 4.91. The molecule has 0 bridgehead atoms. The van der Waals surface area contributed by atoms with Crippen molar-refractivity contribution in [2.75, 3.05) is 10.6 Å². The molecule has 32 heavy (non-hydrogen) atoms. The van der Waals surface area contributed by atoms with Crippen LogP contribution in [0.3, 0.4) is 0 Å². The second-order valence-corrected chi connectivity index (χ2v) is 7.07. The van der Waals surface area contributed by atoms with Gasteiger partial charge < -0.3 is 15.4 Å². The number of benzene rings is 2. The van der Waals surface area contributed by atoms with Gasteiger partial charge in [-0.3, -0.25) is 0 Å². The molecule has 0 aliphatic carbocycles. The molecule has 3 nitrogen and oxygen atoms in total. The molecule has 2 N–H and O–H groups in total. The highest BCUT2D eigenvalue weighted by Crippen LogP contribution is 2.34. The number of nitrogens with one attached hydrogen (secondary N) is 2. The van der Waals surface area contributed by atoms with Crippen LogP contribution >= 0.6 is 0 Å². The molecule has 0 fully saturated rings. The minimum atomic E-state index is 0.0497. The Hall–Kier alpha value is -2.42. The molecule has 3 heteroatoms. The Labute approximate surface area is 198 Å². The van der Waals surface area contributed by atoms with Crippen molar-refractivity contribution < 1.29 is 4.74 Å². The average Bonchev–Trinajstić information content (AvgIpc) is 3.23. The van der Waals surface area contributed by atoms with E-state index in [9.17, 15) is 0 Å². The molecule has 0 saturated carbocycles. The molecule has 1 aliphatic rings. The molecule has 0 saturated heterocycles. The van der Waals surface area contributed by atoms with Crippen LogP contribution in [0.5, 0.6) is 5.75 Å². The van der Waals surface area contributed by atoms with Gasteiger partial charge in [0.25, 0.3) is 0 Å². The lowest BCUT2D eigenvalue weighted by atomic mass is 9.92. The van der Waals surface area contributed by atoms with E-state index in [1.165, 1.54) is 18.4 Å². The molecule has 0 spiro atoms. The Bertz CT molecular complexity index is 727. The molecule has 0 amide bonds. The van der Waals surface area contributed by atoms with E-state index in [-0.39, 0.29) is 12.3 Å². The summed E-state index contributed by atoms with van der Waals surface area (Å²) >= 11 is 0. The largest absolute Gasteiger partial charge is 0.469 e. The number of fused-ring (bicyclic) bond motifs is 1. The summed E-state index contributed by atoms with van der Waals surface area (Å²) in [6.45, 7) is 18.5. The molecule has 3 atom stereocenters. The Morgan fingerprint density at radius 1 is 1.00 bits per heavy atom. The molecule has 2 aromatic rings. The summed E-state index contributed by atoms with van der Waals surface area (Å²) in [6, 6.07) is 17.4. The molecule has 0 radical (unpaired) electrons. The van der Waals surface area contributed by atoms with Crippen molar-refractivity contribution >= 4 is 11.4 Å². The molecule has 2 aromatic carbocycles. The molecule has 0 aromatic heterocycles. The first-order chi connectivity index (χ1) is 15.7. The first-order valence-corrected chi connectivity index (χ1v) is 12.7. The average molecular weight is 441 g/mol. The van der Waals surface area contributed by atoms with E-state index in [1.807, 2.05) is 48.5 Å². The summed E-state index contributed by atoms with van der Waals surface area (Å²) in [4.78, 5) is 0. The Morgan fingerprint density at radius 2 is 1.66 bits per heavy atom. The van der Waals surface area contributed by atoms with Crippen molar-refractivity contribution in [3.63, 3.8) is 0 Å². The Balaban J connectivity index is 0.00000148. The highest BCUT2D eigenvalue weighted by molar-refractivity contribution is 5.66. The molecule has 3 unspecified atom stereocenters. The fourth-order valence-corrected chi connectivity index (χ4v) is 3.51. The minimum Gasteiger partial charge on any atom is -0.469 e. The van der Waals surface area contributed by atoms with Crippen molar-refractivity contribution in [2.24, 2.45) is 0 Å². The number of hydrogen-bond donors (Lipinski definition) is 2. The van der Waals surface area contributed by atoms with Crippen LogP contribution in [0.1, 0.15) is 93.1 Å². The maximum atomic E-state index is 5.74. The van der Waals surface area contributed by atoms with Crippen LogP contribution < -0.4 is 15.4 Å². The van der Waals surface area contributed by atoms with E-state index in [4.69, 9.17) is 4.74 Å². The van der Waals surface area contributed by atoms with Crippen LogP contribution in [-0.2, 0) is 0 Å². The summed E-state index contributed by atoms with van der Waals surface area (Å²) in [5.74, 6) is 1.57. The summed E-state index contributed by atoms with van der Waals surface area (Å²) in [5.41, 5.74) is 3.61. The lowest BCUT2D eigenvalue weighted by molar-refractivity contribution is 0.275. The predicted octanol–water partition coefficient (Wildman–Crippen LogP) is 9.25. The fraction of sp³-hybridized carbons (Fsp3) is 0.517. The molecule has 3 rings (SSSR count). The van der Waals surface area contributed by atoms with Crippen LogP contribution in [0.25, 0.3) is 0 Å². The van der Waals surface area contributed by atoms with Gasteiger partial charge >= 0.3 is 0 Å². The molecule has 180 valence electrons. The third kappa shape index (κ3) is 10.3. The monoisotopic (exact) mass is 440 g/mol. The summed E-state index contributed by atoms with van der Waals surface area (Å²) < 4.78 is 5.74. The van der Waals surface area contributed by atoms with E-state index in [2.05, 4.69) is 85.2 Å². The zero-order valence-electron chi connectivity index (χ0n) is 22.0. The Kier molecular flexibility index (Phi) is 16.8. The molecule has 1 heterocycles. The van der Waals surface area contributed by atoms with Gasteiger partial charge in [0.05, 0.1) is 5.69 Å². The number of hydrogen-bond acceptors (Lipinski definition) is 3. The normalized spacial score (nSPS) is 15.2. The zero-order valence-corrected chi connectivity index (χ0v) is 22.0. The van der Waals surface area contributed by atoms with Gasteiger partial charge in [0.2, 0.25) is 0 Å². The van der Waals surface area contributed by atoms with Gasteiger partial charge in [-0.15, -0.1) is 0 Å². The summed E-state index contributed by atoms with van der Waals surface area (Å²) in [5, 5.41) is 6.81. The van der Waals surface area contributed by atoms with Gasteiger partial charge in [0.15, 0.2) is 6.23 Å². The quantitative estimate of drug-likeness (QED) is 0.401. The second-order valence-electron chi connectivity index (χ2n) is 7.07. The van der Waals surface area contributed by atoms with E-state index in [0.717, 1.165) is 23.5 Å². The maximum absolute atomic E-state index is 5.74. The van der Waals surface area contributed by atoms with Crippen LogP contribution in [0.4, 0.5) is 11.4 Å². The van der Waals surface area contributed by atoms with Crippen molar-refractivity contribution in [3.8, 4) is 5.75 Å². The first kappa shape index (κ1) is 29.6. The topological polar surface area (TPSA) is 33.3 Å². The lowest BCUT2D eigenvalue weighted by Gasteiger charge is -2.15. The van der Waals surface area contributed by atoms with E-state index in [1.54, 1.807) is 0 Å². The van der Waals surface area contributed by atoms with Crippen LogP contribution in [-0.4, -0.2) is 12.3 Å². The van der Waals surface area contributed by atoms with Gasteiger partial charge in [-0.1, -0.05) is 91.0 Å². The summed E-state index contributed by atoms with van der Waals surface area (Å²) in [6.07, 6.45) is 8.10. The van der Waals surface area contributed by atoms with Gasteiger partial charge in [0, 0.05) is 17.8 Å². The number of rotatable bonds is 8. The fourth-order valence-electron chi connectivity index (χ4n) is 3.51. The van der Waals surface area contributed by atoms with E-state index in [0.29, 0.717) is 5.92 Å². The van der Waals surface area contributed by atoms with Crippen molar-refractivity contribution in [2.45, 2.75) is 99.8 Å². The SMILES string of the molecule is CC.CC.CC.CCC(CC/C=C/C(C)Nc1ccc2c(c1)OC(C)N2)c1ccccc1.